The lowest BCUT2D eigenvalue weighted by Crippen LogP contribution is -2.27. The number of aryl methyl sites for hydroxylation is 2. The van der Waals surface area contributed by atoms with Gasteiger partial charge < -0.3 is 10.4 Å². The van der Waals surface area contributed by atoms with Gasteiger partial charge in [-0.3, -0.25) is 14.2 Å². The molecule has 112 valence electrons. The zero-order chi connectivity index (χ0) is 15.4. The van der Waals surface area contributed by atoms with E-state index in [1.165, 1.54) is 17.9 Å². The number of halogens is 1. The van der Waals surface area contributed by atoms with Crippen molar-refractivity contribution in [3.8, 4) is 0 Å². The summed E-state index contributed by atoms with van der Waals surface area (Å²) in [4.78, 5) is 23.0. The second kappa shape index (κ2) is 6.53. The quantitative estimate of drug-likeness (QED) is 0.749. The Morgan fingerprint density at radius 3 is 2.76 bits per heavy atom. The summed E-state index contributed by atoms with van der Waals surface area (Å²) in [5, 5.41) is 19.6. The molecule has 2 aromatic rings. The molecule has 0 aliphatic carbocycles. The summed E-state index contributed by atoms with van der Waals surface area (Å²) in [5.74, 6) is -1.62. The van der Waals surface area contributed by atoms with Crippen molar-refractivity contribution in [3.63, 3.8) is 0 Å². The molecule has 2 N–H and O–H groups in total. The zero-order valence-electron chi connectivity index (χ0n) is 11.3. The Bertz CT molecular complexity index is 664. The number of carbonyl (C=O) groups excluding carboxylic acids is 1. The molecule has 0 saturated carbocycles. The number of hydrogen-bond donors (Lipinski definition) is 2. The van der Waals surface area contributed by atoms with Crippen molar-refractivity contribution in [1.29, 1.82) is 0 Å². The summed E-state index contributed by atoms with van der Waals surface area (Å²) >= 11 is 3.30. The van der Waals surface area contributed by atoms with E-state index in [-0.39, 0.29) is 11.3 Å². The third kappa shape index (κ3) is 3.69. The molecule has 0 fully saturated rings. The van der Waals surface area contributed by atoms with Gasteiger partial charge in [0.15, 0.2) is 5.69 Å². The van der Waals surface area contributed by atoms with Gasteiger partial charge in [0, 0.05) is 26.3 Å². The average Bonchev–Trinajstić information content (AvgIpc) is 3.00. The summed E-state index contributed by atoms with van der Waals surface area (Å²) in [6.07, 6.45) is 5.46. The molecule has 0 spiro atoms. The molecule has 0 saturated heterocycles. The molecular weight excluding hydrogens is 342 g/mol. The van der Waals surface area contributed by atoms with E-state index in [2.05, 4.69) is 31.4 Å². The number of carbonyl (C=O) groups is 2. The van der Waals surface area contributed by atoms with Gasteiger partial charge in [-0.05, 0) is 22.4 Å². The van der Waals surface area contributed by atoms with Crippen molar-refractivity contribution in [3.05, 3.63) is 34.3 Å². The molecule has 0 radical (unpaired) electrons. The number of carboxylic acids is 1. The third-order valence-corrected chi connectivity index (χ3v) is 3.25. The maximum atomic E-state index is 11.9. The smallest absolute Gasteiger partial charge is 0.354 e. The van der Waals surface area contributed by atoms with E-state index in [0.717, 1.165) is 4.47 Å². The van der Waals surface area contributed by atoms with Crippen LogP contribution in [0.15, 0.2) is 23.1 Å². The Kier molecular flexibility index (Phi) is 4.73. The number of nitrogens with one attached hydrogen (secondary N) is 1. The van der Waals surface area contributed by atoms with E-state index >= 15 is 0 Å². The minimum Gasteiger partial charge on any atom is -0.477 e. The van der Waals surface area contributed by atoms with Gasteiger partial charge in [0.05, 0.1) is 22.4 Å². The van der Waals surface area contributed by atoms with E-state index < -0.39 is 11.9 Å². The monoisotopic (exact) mass is 355 g/mol. The van der Waals surface area contributed by atoms with Crippen LogP contribution in [0, 0.1) is 0 Å². The zero-order valence-corrected chi connectivity index (χ0v) is 12.9. The van der Waals surface area contributed by atoms with Crippen molar-refractivity contribution in [2.45, 2.75) is 13.0 Å². The van der Waals surface area contributed by atoms with Gasteiger partial charge >= 0.3 is 5.97 Å². The first-order valence-electron chi connectivity index (χ1n) is 6.20. The van der Waals surface area contributed by atoms with Crippen LogP contribution in [0.1, 0.15) is 27.3 Å². The predicted molar refractivity (Wildman–Crippen MR) is 77.0 cm³/mol. The van der Waals surface area contributed by atoms with Crippen LogP contribution in [0.25, 0.3) is 0 Å². The van der Waals surface area contributed by atoms with E-state index in [9.17, 15) is 9.59 Å². The van der Waals surface area contributed by atoms with Crippen molar-refractivity contribution in [2.75, 3.05) is 6.54 Å². The second-order valence-corrected chi connectivity index (χ2v) is 5.28. The number of carboxylic acid groups (broad SMARTS) is 1. The molecule has 9 heteroatoms. The summed E-state index contributed by atoms with van der Waals surface area (Å²) in [6.45, 7) is 1.08. The maximum absolute atomic E-state index is 11.9. The first-order valence-corrected chi connectivity index (χ1v) is 7.00. The fourth-order valence-electron chi connectivity index (χ4n) is 1.86. The van der Waals surface area contributed by atoms with Gasteiger partial charge in [-0.1, -0.05) is 0 Å². The lowest BCUT2D eigenvalue weighted by molar-refractivity contribution is 0.0679. The molecule has 2 rings (SSSR count). The predicted octanol–water partition coefficient (Wildman–Crippen LogP) is 0.897. The maximum Gasteiger partial charge on any atom is 0.354 e. The van der Waals surface area contributed by atoms with E-state index in [1.54, 1.807) is 10.9 Å². The largest absolute Gasteiger partial charge is 0.477 e. The van der Waals surface area contributed by atoms with Crippen molar-refractivity contribution in [2.24, 2.45) is 7.05 Å². The number of amides is 1. The van der Waals surface area contributed by atoms with Crippen molar-refractivity contribution < 1.29 is 14.7 Å². The van der Waals surface area contributed by atoms with Crippen LogP contribution in [0.2, 0.25) is 0 Å². The van der Waals surface area contributed by atoms with E-state index in [1.807, 2.05) is 6.20 Å². The van der Waals surface area contributed by atoms with Gasteiger partial charge in [-0.15, -0.1) is 0 Å². The molecular formula is C12H14BrN5O3. The number of hydrogen-bond acceptors (Lipinski definition) is 4. The van der Waals surface area contributed by atoms with Crippen LogP contribution in [0.5, 0.6) is 0 Å². The van der Waals surface area contributed by atoms with Crippen LogP contribution >= 0.6 is 15.9 Å². The normalized spacial score (nSPS) is 10.6. The summed E-state index contributed by atoms with van der Waals surface area (Å²) < 4.78 is 3.81. The highest BCUT2D eigenvalue weighted by atomic mass is 79.9. The number of rotatable bonds is 6. The molecule has 2 aromatic heterocycles. The van der Waals surface area contributed by atoms with Crippen LogP contribution in [-0.2, 0) is 13.6 Å². The van der Waals surface area contributed by atoms with E-state index in [0.29, 0.717) is 19.5 Å². The molecule has 0 bridgehead atoms. The Hall–Kier alpha value is -2.16. The van der Waals surface area contributed by atoms with Crippen LogP contribution in [0.4, 0.5) is 0 Å². The van der Waals surface area contributed by atoms with Crippen molar-refractivity contribution >= 4 is 27.8 Å². The topological polar surface area (TPSA) is 102 Å². The number of nitrogens with zero attached hydrogens (tertiary/aromatic N) is 4. The van der Waals surface area contributed by atoms with Gasteiger partial charge in [0.2, 0.25) is 0 Å². The molecule has 0 aliphatic rings. The highest BCUT2D eigenvalue weighted by Gasteiger charge is 2.20. The molecule has 0 unspecified atom stereocenters. The summed E-state index contributed by atoms with van der Waals surface area (Å²) in [7, 11) is 1.48. The van der Waals surface area contributed by atoms with Gasteiger partial charge in [0.1, 0.15) is 0 Å². The summed E-state index contributed by atoms with van der Waals surface area (Å²) in [5.41, 5.74) is -0.0599. The summed E-state index contributed by atoms with van der Waals surface area (Å²) in [6, 6.07) is 0. The third-order valence-electron chi connectivity index (χ3n) is 2.84. The lowest BCUT2D eigenvalue weighted by Gasteiger charge is -2.05. The van der Waals surface area contributed by atoms with Crippen LogP contribution < -0.4 is 5.32 Å². The molecule has 0 aromatic carbocycles. The standard InChI is InChI=1S/C12H14BrN5O3/c1-17-10(12(20)21)9(6-15-17)11(19)14-3-2-4-18-7-8(13)5-16-18/h5-7H,2-4H2,1H3,(H,14,19)(H,20,21). The fraction of sp³-hybridized carbons (Fsp3) is 0.333. The molecule has 8 nitrogen and oxygen atoms in total. The molecule has 1 amide bonds. The number of aromatic nitrogens is 4. The Morgan fingerprint density at radius 2 is 2.14 bits per heavy atom. The van der Waals surface area contributed by atoms with Crippen molar-refractivity contribution in [1.82, 2.24) is 24.9 Å². The lowest BCUT2D eigenvalue weighted by atomic mass is 10.2. The minimum absolute atomic E-state index is 0.0619. The second-order valence-electron chi connectivity index (χ2n) is 4.37. The minimum atomic E-state index is -1.18. The fourth-order valence-corrected chi connectivity index (χ4v) is 2.18. The van der Waals surface area contributed by atoms with Gasteiger partial charge in [-0.2, -0.15) is 10.2 Å². The van der Waals surface area contributed by atoms with Crippen LogP contribution in [-0.4, -0.2) is 43.1 Å². The number of aromatic carboxylic acids is 1. The molecule has 21 heavy (non-hydrogen) atoms. The first-order chi connectivity index (χ1) is 9.99. The highest BCUT2D eigenvalue weighted by Crippen LogP contribution is 2.08. The molecule has 0 aliphatic heterocycles. The van der Waals surface area contributed by atoms with Crippen LogP contribution in [0.3, 0.4) is 0 Å². The first kappa shape index (κ1) is 15.2. The highest BCUT2D eigenvalue weighted by molar-refractivity contribution is 9.10. The molecule has 0 atom stereocenters. The van der Waals surface area contributed by atoms with Gasteiger partial charge in [-0.25, -0.2) is 4.79 Å². The molecule has 2 heterocycles. The average molecular weight is 356 g/mol. The Balaban J connectivity index is 1.86. The van der Waals surface area contributed by atoms with Gasteiger partial charge in [0.25, 0.3) is 5.91 Å². The Morgan fingerprint density at radius 1 is 1.38 bits per heavy atom. The Labute approximate surface area is 128 Å². The van der Waals surface area contributed by atoms with E-state index in [4.69, 9.17) is 5.11 Å². The SMILES string of the molecule is Cn1ncc(C(=O)NCCCn2cc(Br)cn2)c1C(=O)O.